The molecule has 0 unspecified atom stereocenters. The SMILES string of the molecule is CC(C)(C)c1cccc(CCN2CCC(C(O)(c3ccccc3)c3ccccc3)CC2)c1. The van der Waals surface area contributed by atoms with Gasteiger partial charge in [0.1, 0.15) is 5.60 Å². The van der Waals surface area contributed by atoms with E-state index in [0.29, 0.717) is 0 Å². The van der Waals surface area contributed by atoms with E-state index in [2.05, 4.69) is 74.2 Å². The molecule has 1 fully saturated rings. The molecule has 2 heteroatoms. The third-order valence-corrected chi connectivity index (χ3v) is 7.12. The van der Waals surface area contributed by atoms with Gasteiger partial charge < -0.3 is 10.0 Å². The maximum Gasteiger partial charge on any atom is 0.117 e. The smallest absolute Gasteiger partial charge is 0.117 e. The minimum absolute atomic E-state index is 0.188. The lowest BCUT2D eigenvalue weighted by molar-refractivity contribution is -0.0140. The number of rotatable bonds is 6. The number of nitrogens with zero attached hydrogens (tertiary/aromatic N) is 1. The minimum Gasteiger partial charge on any atom is -0.380 e. The highest BCUT2D eigenvalue weighted by Crippen LogP contribution is 2.41. The molecule has 3 aromatic rings. The molecule has 32 heavy (non-hydrogen) atoms. The van der Waals surface area contributed by atoms with Gasteiger partial charge in [0.25, 0.3) is 0 Å². The first-order chi connectivity index (χ1) is 15.4. The molecule has 3 aromatic carbocycles. The fourth-order valence-electron chi connectivity index (χ4n) is 5.08. The van der Waals surface area contributed by atoms with E-state index in [1.165, 1.54) is 11.1 Å². The molecule has 4 rings (SSSR count). The van der Waals surface area contributed by atoms with Gasteiger partial charge in [-0.2, -0.15) is 0 Å². The fraction of sp³-hybridized carbons (Fsp3) is 0.400. The van der Waals surface area contributed by atoms with Crippen LogP contribution in [-0.4, -0.2) is 29.6 Å². The van der Waals surface area contributed by atoms with Crippen molar-refractivity contribution in [2.75, 3.05) is 19.6 Å². The summed E-state index contributed by atoms with van der Waals surface area (Å²) in [4.78, 5) is 2.57. The van der Waals surface area contributed by atoms with E-state index in [0.717, 1.165) is 50.0 Å². The summed E-state index contributed by atoms with van der Waals surface area (Å²) in [6, 6.07) is 29.5. The molecule has 0 amide bonds. The average Bonchev–Trinajstić information content (AvgIpc) is 2.83. The van der Waals surface area contributed by atoms with Crippen molar-refractivity contribution >= 4 is 0 Å². The minimum atomic E-state index is -0.935. The van der Waals surface area contributed by atoms with Crippen molar-refractivity contribution in [1.29, 1.82) is 0 Å². The van der Waals surface area contributed by atoms with E-state index < -0.39 is 5.60 Å². The molecule has 0 saturated carbocycles. The molecule has 0 bridgehead atoms. The van der Waals surface area contributed by atoms with Crippen molar-refractivity contribution in [3.05, 3.63) is 107 Å². The molecule has 1 aliphatic rings. The van der Waals surface area contributed by atoms with Crippen LogP contribution in [0.2, 0.25) is 0 Å². The van der Waals surface area contributed by atoms with Gasteiger partial charge in [-0.1, -0.05) is 106 Å². The van der Waals surface area contributed by atoms with Crippen LogP contribution in [0.4, 0.5) is 0 Å². The van der Waals surface area contributed by atoms with Crippen LogP contribution in [0.15, 0.2) is 84.9 Å². The van der Waals surface area contributed by atoms with Crippen molar-refractivity contribution in [1.82, 2.24) is 4.90 Å². The Labute approximate surface area is 193 Å². The molecule has 0 atom stereocenters. The second-order valence-electron chi connectivity index (χ2n) is 10.3. The van der Waals surface area contributed by atoms with E-state index in [4.69, 9.17) is 0 Å². The fourth-order valence-corrected chi connectivity index (χ4v) is 5.08. The zero-order valence-corrected chi connectivity index (χ0v) is 19.8. The Hall–Kier alpha value is -2.42. The molecular weight excluding hydrogens is 390 g/mol. The van der Waals surface area contributed by atoms with Gasteiger partial charge in [0.15, 0.2) is 0 Å². The first-order valence-corrected chi connectivity index (χ1v) is 12.0. The molecule has 168 valence electrons. The van der Waals surface area contributed by atoms with Crippen molar-refractivity contribution < 1.29 is 5.11 Å². The molecule has 0 radical (unpaired) electrons. The molecule has 0 spiro atoms. The lowest BCUT2D eigenvalue weighted by Gasteiger charge is -2.42. The summed E-state index contributed by atoms with van der Waals surface area (Å²) >= 11 is 0. The highest BCUT2D eigenvalue weighted by atomic mass is 16.3. The number of benzene rings is 3. The number of likely N-dealkylation sites (tertiary alicyclic amines) is 1. The van der Waals surface area contributed by atoms with Crippen molar-refractivity contribution in [2.45, 2.75) is 51.0 Å². The van der Waals surface area contributed by atoms with Crippen molar-refractivity contribution in [3.63, 3.8) is 0 Å². The van der Waals surface area contributed by atoms with Gasteiger partial charge in [-0.3, -0.25) is 0 Å². The lowest BCUT2D eigenvalue weighted by Crippen LogP contribution is -2.44. The Kier molecular flexibility index (Phi) is 6.83. The number of piperidine rings is 1. The van der Waals surface area contributed by atoms with Crippen LogP contribution in [0.1, 0.15) is 55.9 Å². The van der Waals surface area contributed by atoms with Crippen LogP contribution >= 0.6 is 0 Å². The summed E-state index contributed by atoms with van der Waals surface area (Å²) in [5, 5.41) is 12.1. The van der Waals surface area contributed by atoms with E-state index in [1.807, 2.05) is 36.4 Å². The molecule has 1 aliphatic heterocycles. The molecule has 1 saturated heterocycles. The highest BCUT2D eigenvalue weighted by Gasteiger charge is 2.41. The van der Waals surface area contributed by atoms with Gasteiger partial charge in [-0.25, -0.2) is 0 Å². The summed E-state index contributed by atoms with van der Waals surface area (Å²) in [7, 11) is 0. The molecular formula is C30H37NO. The zero-order valence-electron chi connectivity index (χ0n) is 19.8. The topological polar surface area (TPSA) is 23.5 Å². The Morgan fingerprint density at radius 1 is 0.750 bits per heavy atom. The van der Waals surface area contributed by atoms with Gasteiger partial charge in [-0.15, -0.1) is 0 Å². The summed E-state index contributed by atoms with van der Waals surface area (Å²) in [6.45, 7) is 9.97. The third kappa shape index (κ3) is 4.98. The Morgan fingerprint density at radius 2 is 1.28 bits per heavy atom. The summed E-state index contributed by atoms with van der Waals surface area (Å²) < 4.78 is 0. The largest absolute Gasteiger partial charge is 0.380 e. The van der Waals surface area contributed by atoms with Crippen molar-refractivity contribution in [2.24, 2.45) is 5.92 Å². The van der Waals surface area contributed by atoms with Crippen LogP contribution in [0, 0.1) is 5.92 Å². The molecule has 2 nitrogen and oxygen atoms in total. The standard InChI is InChI=1S/C30H37NO/c1-29(2,3)28-16-10-11-24(23-28)17-20-31-21-18-27(19-22-31)30(32,25-12-6-4-7-13-25)26-14-8-5-9-15-26/h4-16,23,27,32H,17-22H2,1-3H3. The normalized spacial score (nSPS) is 16.2. The number of hydrogen-bond acceptors (Lipinski definition) is 2. The Balaban J connectivity index is 1.43. The van der Waals surface area contributed by atoms with E-state index in [1.54, 1.807) is 0 Å². The number of aliphatic hydroxyl groups is 1. The first-order valence-electron chi connectivity index (χ1n) is 12.0. The van der Waals surface area contributed by atoms with Crippen molar-refractivity contribution in [3.8, 4) is 0 Å². The Bertz CT molecular complexity index is 943. The van der Waals surface area contributed by atoms with Gasteiger partial charge in [0, 0.05) is 6.54 Å². The first kappa shape index (κ1) is 22.8. The summed E-state index contributed by atoms with van der Waals surface area (Å²) in [6.07, 6.45) is 3.08. The maximum atomic E-state index is 12.1. The van der Waals surface area contributed by atoms with Gasteiger partial charge in [0.05, 0.1) is 0 Å². The maximum absolute atomic E-state index is 12.1. The summed E-state index contributed by atoms with van der Waals surface area (Å²) in [5.41, 5.74) is 4.09. The number of hydrogen-bond donors (Lipinski definition) is 1. The Morgan fingerprint density at radius 3 is 1.81 bits per heavy atom. The van der Waals surface area contributed by atoms with E-state index in [9.17, 15) is 5.11 Å². The molecule has 1 heterocycles. The second-order valence-corrected chi connectivity index (χ2v) is 10.3. The lowest BCUT2D eigenvalue weighted by atomic mass is 9.72. The van der Waals surface area contributed by atoms with E-state index in [-0.39, 0.29) is 11.3 Å². The zero-order chi connectivity index (χ0) is 22.6. The quantitative estimate of drug-likeness (QED) is 0.508. The molecule has 0 aromatic heterocycles. The molecule has 0 aliphatic carbocycles. The second kappa shape index (κ2) is 9.60. The van der Waals surface area contributed by atoms with Gasteiger partial charge in [0.2, 0.25) is 0 Å². The van der Waals surface area contributed by atoms with Gasteiger partial charge in [-0.05, 0) is 65.9 Å². The third-order valence-electron chi connectivity index (χ3n) is 7.12. The van der Waals surface area contributed by atoms with Crippen LogP contribution in [-0.2, 0) is 17.4 Å². The molecule has 1 N–H and O–H groups in total. The van der Waals surface area contributed by atoms with Crippen LogP contribution in [0.25, 0.3) is 0 Å². The van der Waals surface area contributed by atoms with Crippen LogP contribution < -0.4 is 0 Å². The van der Waals surface area contributed by atoms with E-state index >= 15 is 0 Å². The summed E-state index contributed by atoms with van der Waals surface area (Å²) in [5.74, 6) is 0.216. The average molecular weight is 428 g/mol. The van der Waals surface area contributed by atoms with Crippen LogP contribution in [0.3, 0.4) is 0 Å². The monoisotopic (exact) mass is 427 g/mol. The van der Waals surface area contributed by atoms with Crippen LogP contribution in [0.5, 0.6) is 0 Å². The van der Waals surface area contributed by atoms with Gasteiger partial charge >= 0.3 is 0 Å². The predicted octanol–water partition coefficient (Wildman–Crippen LogP) is 6.17. The predicted molar refractivity (Wildman–Crippen MR) is 134 cm³/mol. The highest BCUT2D eigenvalue weighted by molar-refractivity contribution is 5.37.